The molecule has 14 nitrogen and oxygen atoms in total. The van der Waals surface area contributed by atoms with E-state index >= 15 is 4.39 Å². The molecular formula is C38H38ClF2N7O7S2. The number of ether oxygens (including phenoxy) is 3. The summed E-state index contributed by atoms with van der Waals surface area (Å²) in [6.45, 7) is 11.6. The maximum Gasteiger partial charge on any atom is 0.430 e. The van der Waals surface area contributed by atoms with Gasteiger partial charge in [0.1, 0.15) is 33.5 Å². The van der Waals surface area contributed by atoms with E-state index in [1.165, 1.54) is 41.5 Å². The van der Waals surface area contributed by atoms with Crippen LogP contribution in [0, 0.1) is 11.6 Å². The number of hydrogen-bond acceptors (Lipinski definition) is 13. The van der Waals surface area contributed by atoms with Gasteiger partial charge in [-0.25, -0.2) is 41.7 Å². The van der Waals surface area contributed by atoms with E-state index in [0.29, 0.717) is 54.6 Å². The second-order valence-electron chi connectivity index (χ2n) is 14.7. The van der Waals surface area contributed by atoms with Crippen molar-refractivity contribution in [1.29, 1.82) is 0 Å². The Kier molecular flexibility index (Phi) is 11.7. The van der Waals surface area contributed by atoms with E-state index in [-0.39, 0.29) is 26.6 Å². The second kappa shape index (κ2) is 16.2. The Labute approximate surface area is 337 Å². The number of sulfonamides is 1. The van der Waals surface area contributed by atoms with Crippen molar-refractivity contribution in [2.24, 2.45) is 0 Å². The molecule has 0 unspecified atom stereocenters. The number of halogens is 3. The maximum atomic E-state index is 16.0. The monoisotopic (exact) mass is 841 g/mol. The third-order valence-electron chi connectivity index (χ3n) is 8.03. The molecule has 57 heavy (non-hydrogen) atoms. The summed E-state index contributed by atoms with van der Waals surface area (Å²) in [5.74, 6) is -1.99. The molecule has 0 bridgehead atoms. The SMILES string of the molecule is CC(C)(C)OC(=O)N1CCN(c2nccc(-c3cc(-c4cccc(F)c4)ncc3Oc3cc(F)c(S(=O)(=O)N(C(=O)OC(C)(C)C)c4cscn4)cc3Cl)n2)CC1. The van der Waals surface area contributed by atoms with Gasteiger partial charge in [0.05, 0.1) is 28.1 Å². The summed E-state index contributed by atoms with van der Waals surface area (Å²) in [5.41, 5.74) is 1.05. The molecule has 1 aliphatic rings. The van der Waals surface area contributed by atoms with E-state index in [2.05, 4.69) is 15.0 Å². The minimum atomic E-state index is -4.97. The number of benzene rings is 2. The predicted molar refractivity (Wildman–Crippen MR) is 210 cm³/mol. The van der Waals surface area contributed by atoms with E-state index < -0.39 is 49.9 Å². The van der Waals surface area contributed by atoms with Crippen LogP contribution < -0.4 is 13.9 Å². The van der Waals surface area contributed by atoms with Crippen molar-refractivity contribution in [2.75, 3.05) is 35.4 Å². The van der Waals surface area contributed by atoms with Crippen LogP contribution in [0.4, 0.5) is 30.1 Å². The highest BCUT2D eigenvalue weighted by molar-refractivity contribution is 7.93. The van der Waals surface area contributed by atoms with E-state index in [1.54, 1.807) is 64.6 Å². The fourth-order valence-corrected chi connectivity index (χ4v) is 7.72. The van der Waals surface area contributed by atoms with Crippen molar-refractivity contribution in [3.63, 3.8) is 0 Å². The van der Waals surface area contributed by atoms with Crippen molar-refractivity contribution < 1.29 is 41.0 Å². The zero-order valence-electron chi connectivity index (χ0n) is 31.7. The number of nitrogens with zero attached hydrogens (tertiary/aromatic N) is 7. The molecule has 1 fully saturated rings. The molecule has 2 aromatic carbocycles. The smallest absolute Gasteiger partial charge is 0.430 e. The molecule has 300 valence electrons. The van der Waals surface area contributed by atoms with Crippen LogP contribution in [0.5, 0.6) is 11.5 Å². The first-order valence-corrected chi connectivity index (χ1v) is 20.2. The van der Waals surface area contributed by atoms with Gasteiger partial charge in [0.25, 0.3) is 10.0 Å². The number of pyridine rings is 1. The van der Waals surface area contributed by atoms with Gasteiger partial charge in [-0.1, -0.05) is 23.7 Å². The topological polar surface area (TPSA) is 157 Å². The van der Waals surface area contributed by atoms with E-state index in [1.807, 2.05) is 4.90 Å². The van der Waals surface area contributed by atoms with E-state index in [4.69, 9.17) is 30.8 Å². The fraction of sp³-hybridized carbons (Fsp3) is 0.316. The molecular weight excluding hydrogens is 804 g/mol. The van der Waals surface area contributed by atoms with Gasteiger partial charge in [-0.3, -0.25) is 4.98 Å². The first-order chi connectivity index (χ1) is 26.8. The fourth-order valence-electron chi connectivity index (χ4n) is 5.52. The lowest BCUT2D eigenvalue weighted by Crippen LogP contribution is -2.50. The van der Waals surface area contributed by atoms with Crippen molar-refractivity contribution in [3.05, 3.63) is 88.5 Å². The molecule has 19 heteroatoms. The molecule has 5 aromatic rings. The van der Waals surface area contributed by atoms with Crippen molar-refractivity contribution in [1.82, 2.24) is 24.8 Å². The number of aromatic nitrogens is 4. The summed E-state index contributed by atoms with van der Waals surface area (Å²) in [5, 5.41) is 0.965. The number of anilines is 2. The number of hydrogen-bond donors (Lipinski definition) is 0. The van der Waals surface area contributed by atoms with Crippen LogP contribution in [-0.4, -0.2) is 82.8 Å². The number of piperazine rings is 1. The van der Waals surface area contributed by atoms with Crippen molar-refractivity contribution >= 4 is 56.9 Å². The molecule has 3 aromatic heterocycles. The molecule has 4 heterocycles. The Morgan fingerprint density at radius 3 is 2.25 bits per heavy atom. The Hall–Kier alpha value is -5.46. The molecule has 0 atom stereocenters. The average Bonchev–Trinajstić information content (AvgIpc) is 3.66. The first-order valence-electron chi connectivity index (χ1n) is 17.4. The molecule has 1 aliphatic heterocycles. The Morgan fingerprint density at radius 2 is 1.60 bits per heavy atom. The van der Waals surface area contributed by atoms with Crippen LogP contribution in [0.2, 0.25) is 5.02 Å². The normalized spacial score (nSPS) is 13.6. The lowest BCUT2D eigenvalue weighted by atomic mass is 10.1. The summed E-state index contributed by atoms with van der Waals surface area (Å²) in [6.07, 6.45) is 1.14. The first kappa shape index (κ1) is 41.2. The molecule has 0 aliphatic carbocycles. The maximum absolute atomic E-state index is 16.0. The van der Waals surface area contributed by atoms with Gasteiger partial charge >= 0.3 is 12.2 Å². The van der Waals surface area contributed by atoms with Crippen LogP contribution in [0.3, 0.4) is 0 Å². The van der Waals surface area contributed by atoms with Crippen LogP contribution in [-0.2, 0) is 19.5 Å². The number of amides is 2. The van der Waals surface area contributed by atoms with Crippen molar-refractivity contribution in [3.8, 4) is 34.0 Å². The van der Waals surface area contributed by atoms with Gasteiger partial charge in [0.2, 0.25) is 5.95 Å². The number of carbonyl (C=O) groups excluding carboxylic acids is 2. The highest BCUT2D eigenvalue weighted by atomic mass is 35.5. The molecule has 0 radical (unpaired) electrons. The molecule has 0 saturated carbocycles. The largest absolute Gasteiger partial charge is 0.453 e. The third kappa shape index (κ3) is 9.75. The quantitative estimate of drug-likeness (QED) is 0.147. The average molecular weight is 842 g/mol. The van der Waals surface area contributed by atoms with Crippen LogP contribution in [0.1, 0.15) is 41.5 Å². The Morgan fingerprint density at radius 1 is 0.877 bits per heavy atom. The summed E-state index contributed by atoms with van der Waals surface area (Å²) >= 11 is 7.59. The molecule has 0 N–H and O–H groups in total. The Bertz CT molecular complexity index is 2400. The summed E-state index contributed by atoms with van der Waals surface area (Å²) < 4.78 is 75.2. The van der Waals surface area contributed by atoms with Gasteiger partial charge in [0.15, 0.2) is 11.6 Å². The number of carbonyl (C=O) groups is 2. The van der Waals surface area contributed by atoms with Gasteiger partial charge < -0.3 is 24.0 Å². The summed E-state index contributed by atoms with van der Waals surface area (Å²) in [7, 11) is -4.97. The van der Waals surface area contributed by atoms with Crippen molar-refractivity contribution in [2.45, 2.75) is 57.6 Å². The van der Waals surface area contributed by atoms with Gasteiger partial charge in [-0.2, -0.15) is 0 Å². The predicted octanol–water partition coefficient (Wildman–Crippen LogP) is 8.57. The van der Waals surface area contributed by atoms with Crippen LogP contribution in [0.15, 0.2) is 76.7 Å². The Balaban J connectivity index is 1.34. The standard InChI is InChI=1S/C38H38ClF2N7O7S2/c1-37(2,3)54-35(49)47-14-12-46(13-15-47)34-42-11-10-28(45-34)25-17-29(23-8-7-9-24(40)16-23)43-20-31(25)53-30-19-27(41)32(18-26(30)39)57(51,52)48(33-21-56-22-44-33)36(50)55-38(4,5)6/h7-11,16-22H,12-15H2,1-6H3. The van der Waals surface area contributed by atoms with E-state index in [0.717, 1.165) is 23.5 Å². The highest BCUT2D eigenvalue weighted by Crippen LogP contribution is 2.40. The lowest BCUT2D eigenvalue weighted by molar-refractivity contribution is 0.0239. The molecule has 0 spiro atoms. The third-order valence-corrected chi connectivity index (χ3v) is 10.6. The summed E-state index contributed by atoms with van der Waals surface area (Å²) in [6, 6.07) is 10.6. The number of rotatable bonds is 8. The zero-order valence-corrected chi connectivity index (χ0v) is 34.1. The van der Waals surface area contributed by atoms with E-state index in [9.17, 15) is 22.4 Å². The lowest BCUT2D eigenvalue weighted by Gasteiger charge is -2.35. The zero-order chi connectivity index (χ0) is 41.3. The molecule has 2 amide bonds. The minimum Gasteiger partial charge on any atom is -0.453 e. The van der Waals surface area contributed by atoms with Gasteiger partial charge in [0, 0.05) is 54.9 Å². The van der Waals surface area contributed by atoms with Crippen LogP contribution >= 0.6 is 22.9 Å². The molecule has 6 rings (SSSR count). The highest BCUT2D eigenvalue weighted by Gasteiger charge is 2.38. The minimum absolute atomic E-state index is 0.0318. The summed E-state index contributed by atoms with van der Waals surface area (Å²) in [4.78, 5) is 46.0. The second-order valence-corrected chi connectivity index (χ2v) is 17.6. The van der Waals surface area contributed by atoms with Crippen LogP contribution in [0.25, 0.3) is 22.5 Å². The molecule has 1 saturated heterocycles. The van der Waals surface area contributed by atoms with Gasteiger partial charge in [-0.15, -0.1) is 15.6 Å². The number of thiazole rings is 1. The van der Waals surface area contributed by atoms with Gasteiger partial charge in [-0.05, 0) is 71.9 Å².